The molecule has 4 aromatic carbocycles. The van der Waals surface area contributed by atoms with Crippen LogP contribution in [0.5, 0.6) is 5.75 Å². The molecule has 1 N–H and O–H groups in total. The van der Waals surface area contributed by atoms with Crippen molar-refractivity contribution in [2.45, 2.75) is 57.5 Å². The van der Waals surface area contributed by atoms with Gasteiger partial charge in [0.2, 0.25) is 11.8 Å². The third kappa shape index (κ3) is 9.83. The van der Waals surface area contributed by atoms with Gasteiger partial charge in [-0.15, -0.1) is 0 Å². The minimum Gasteiger partial charge on any atom is -0.494 e. The van der Waals surface area contributed by atoms with Gasteiger partial charge in [-0.3, -0.25) is 13.9 Å². The van der Waals surface area contributed by atoms with E-state index < -0.39 is 28.5 Å². The highest BCUT2D eigenvalue weighted by Crippen LogP contribution is 2.28. The van der Waals surface area contributed by atoms with Crippen molar-refractivity contribution in [3.63, 3.8) is 0 Å². The van der Waals surface area contributed by atoms with Crippen LogP contribution in [-0.4, -0.2) is 50.9 Å². The summed E-state index contributed by atoms with van der Waals surface area (Å²) < 4.78 is 35.0. The topological polar surface area (TPSA) is 96.0 Å². The number of nitrogens with zero attached hydrogens (tertiary/aromatic N) is 2. The molecule has 0 aliphatic carbocycles. The number of halogens is 1. The van der Waals surface area contributed by atoms with Crippen LogP contribution in [0.1, 0.15) is 43.4 Å². The Balaban J connectivity index is 1.79. The highest BCUT2D eigenvalue weighted by molar-refractivity contribution is 7.92. The van der Waals surface area contributed by atoms with Gasteiger partial charge in [0.25, 0.3) is 10.0 Å². The number of carbonyl (C=O) groups is 2. The lowest BCUT2D eigenvalue weighted by Crippen LogP contribution is -2.53. The van der Waals surface area contributed by atoms with E-state index in [2.05, 4.69) is 5.32 Å². The van der Waals surface area contributed by atoms with Gasteiger partial charge >= 0.3 is 0 Å². The van der Waals surface area contributed by atoms with E-state index in [-0.39, 0.29) is 29.5 Å². The van der Waals surface area contributed by atoms with E-state index >= 15 is 0 Å². The Hall–Kier alpha value is -4.34. The minimum atomic E-state index is -4.24. The van der Waals surface area contributed by atoms with Gasteiger partial charge in [-0.25, -0.2) is 8.42 Å². The van der Waals surface area contributed by atoms with Gasteiger partial charge < -0.3 is 15.0 Å². The zero-order valence-corrected chi connectivity index (χ0v) is 28.6. The summed E-state index contributed by atoms with van der Waals surface area (Å²) in [5.74, 6) is -0.250. The lowest BCUT2D eigenvalue weighted by atomic mass is 10.0. The maximum atomic E-state index is 14.6. The zero-order valence-electron chi connectivity index (χ0n) is 27.1. The summed E-state index contributed by atoms with van der Waals surface area (Å²) >= 11 is 6.07. The molecule has 47 heavy (non-hydrogen) atoms. The van der Waals surface area contributed by atoms with Crippen LogP contribution in [0.2, 0.25) is 5.02 Å². The molecule has 0 saturated carbocycles. The number of carbonyl (C=O) groups excluding carboxylic acids is 2. The number of sulfonamides is 1. The lowest BCUT2D eigenvalue weighted by Gasteiger charge is -2.34. The number of aryl methyl sites for hydroxylation is 1. The van der Waals surface area contributed by atoms with Crippen molar-refractivity contribution in [1.29, 1.82) is 0 Å². The van der Waals surface area contributed by atoms with Crippen molar-refractivity contribution < 1.29 is 22.7 Å². The molecule has 1 atom stereocenters. The van der Waals surface area contributed by atoms with Crippen molar-refractivity contribution in [3.05, 3.63) is 125 Å². The number of hydrogen-bond donors (Lipinski definition) is 1. The standard InChI is InChI=1S/C37H42ClN3O5S/c1-4-6-23-39-37(43)35(25-29-12-8-7-9-13-29)40(26-30-14-10-11-28(3)24-30)36(42)27-41(32-17-19-33(20-18-32)46-5-2)47(44,45)34-21-15-31(38)16-22-34/h7-22,24,35H,4-6,23,25-27H2,1-3H3,(H,39,43). The molecule has 0 aliphatic heterocycles. The molecular formula is C37H42ClN3O5S. The third-order valence-corrected chi connectivity index (χ3v) is 9.69. The van der Waals surface area contributed by atoms with Crippen molar-refractivity contribution in [2.75, 3.05) is 24.0 Å². The van der Waals surface area contributed by atoms with Crippen LogP contribution in [0.25, 0.3) is 0 Å². The highest BCUT2D eigenvalue weighted by Gasteiger charge is 2.34. The lowest BCUT2D eigenvalue weighted by molar-refractivity contribution is -0.140. The first-order chi connectivity index (χ1) is 22.6. The number of ether oxygens (including phenoxy) is 1. The Morgan fingerprint density at radius 3 is 2.19 bits per heavy atom. The van der Waals surface area contributed by atoms with Crippen LogP contribution in [0.4, 0.5) is 5.69 Å². The molecule has 4 aromatic rings. The van der Waals surface area contributed by atoms with Gasteiger partial charge in [0.05, 0.1) is 17.2 Å². The molecule has 4 rings (SSSR count). The zero-order chi connectivity index (χ0) is 33.8. The number of unbranched alkanes of at least 4 members (excludes halogenated alkanes) is 1. The summed E-state index contributed by atoms with van der Waals surface area (Å²) in [6.45, 7) is 6.34. The maximum absolute atomic E-state index is 14.6. The Bertz CT molecular complexity index is 1720. The van der Waals surface area contributed by atoms with Gasteiger partial charge in [-0.05, 0) is 79.9 Å². The second kappa shape index (κ2) is 17.0. The smallest absolute Gasteiger partial charge is 0.264 e. The monoisotopic (exact) mass is 675 g/mol. The van der Waals surface area contributed by atoms with Gasteiger partial charge in [-0.2, -0.15) is 0 Å². The Morgan fingerprint density at radius 1 is 0.872 bits per heavy atom. The molecule has 2 amide bonds. The summed E-state index contributed by atoms with van der Waals surface area (Å²) in [6, 6.07) is 28.7. The summed E-state index contributed by atoms with van der Waals surface area (Å²) in [6.07, 6.45) is 1.94. The first kappa shape index (κ1) is 35.5. The SMILES string of the molecule is CCCCNC(=O)C(Cc1ccccc1)N(Cc1cccc(C)c1)C(=O)CN(c1ccc(OCC)cc1)S(=O)(=O)c1ccc(Cl)cc1. The normalized spacial score (nSPS) is 11.8. The van der Waals surface area contributed by atoms with Crippen LogP contribution in [0.15, 0.2) is 108 Å². The van der Waals surface area contributed by atoms with E-state index in [1.807, 2.05) is 75.4 Å². The molecule has 1 unspecified atom stereocenters. The predicted molar refractivity (Wildman–Crippen MR) is 187 cm³/mol. The van der Waals surface area contributed by atoms with E-state index in [1.165, 1.54) is 29.2 Å². The van der Waals surface area contributed by atoms with Crippen LogP contribution >= 0.6 is 11.6 Å². The van der Waals surface area contributed by atoms with E-state index in [0.717, 1.165) is 33.8 Å². The Kier molecular flexibility index (Phi) is 12.8. The first-order valence-electron chi connectivity index (χ1n) is 15.8. The fourth-order valence-corrected chi connectivity index (χ4v) is 6.75. The van der Waals surface area contributed by atoms with E-state index in [1.54, 1.807) is 24.3 Å². The van der Waals surface area contributed by atoms with E-state index in [0.29, 0.717) is 23.9 Å². The molecule has 10 heteroatoms. The van der Waals surface area contributed by atoms with Crippen molar-refractivity contribution in [3.8, 4) is 5.75 Å². The van der Waals surface area contributed by atoms with Gasteiger partial charge in [0.15, 0.2) is 0 Å². The molecule has 0 aliphatic rings. The predicted octanol–water partition coefficient (Wildman–Crippen LogP) is 6.80. The number of amides is 2. The van der Waals surface area contributed by atoms with Crippen molar-refractivity contribution in [1.82, 2.24) is 10.2 Å². The molecule has 0 heterocycles. The molecule has 0 aromatic heterocycles. The van der Waals surface area contributed by atoms with Crippen LogP contribution in [0, 0.1) is 6.92 Å². The first-order valence-corrected chi connectivity index (χ1v) is 17.6. The second-order valence-corrected chi connectivity index (χ2v) is 13.6. The van der Waals surface area contributed by atoms with Crippen LogP contribution < -0.4 is 14.4 Å². The summed E-state index contributed by atoms with van der Waals surface area (Å²) in [5, 5.41) is 3.39. The molecule has 0 bridgehead atoms. The maximum Gasteiger partial charge on any atom is 0.264 e. The molecular weight excluding hydrogens is 634 g/mol. The van der Waals surface area contributed by atoms with Gasteiger partial charge in [0.1, 0.15) is 18.3 Å². The Morgan fingerprint density at radius 2 is 1.55 bits per heavy atom. The summed E-state index contributed by atoms with van der Waals surface area (Å²) in [4.78, 5) is 29.9. The molecule has 8 nitrogen and oxygen atoms in total. The highest BCUT2D eigenvalue weighted by atomic mass is 35.5. The van der Waals surface area contributed by atoms with Crippen LogP contribution in [0.3, 0.4) is 0 Å². The number of anilines is 1. The summed E-state index contributed by atoms with van der Waals surface area (Å²) in [5.41, 5.74) is 2.98. The minimum absolute atomic E-state index is 0.0213. The number of rotatable bonds is 16. The van der Waals surface area contributed by atoms with Gasteiger partial charge in [-0.1, -0.05) is 85.1 Å². The number of nitrogens with one attached hydrogen (secondary N) is 1. The fraction of sp³-hybridized carbons (Fsp3) is 0.297. The third-order valence-electron chi connectivity index (χ3n) is 7.65. The molecule has 0 saturated heterocycles. The summed E-state index contributed by atoms with van der Waals surface area (Å²) in [7, 11) is -4.24. The quantitative estimate of drug-likeness (QED) is 0.132. The van der Waals surface area contributed by atoms with E-state index in [4.69, 9.17) is 16.3 Å². The van der Waals surface area contributed by atoms with Crippen molar-refractivity contribution >= 4 is 39.1 Å². The van der Waals surface area contributed by atoms with Crippen molar-refractivity contribution in [2.24, 2.45) is 0 Å². The van der Waals surface area contributed by atoms with Crippen LogP contribution in [-0.2, 0) is 32.6 Å². The molecule has 248 valence electrons. The average molecular weight is 676 g/mol. The van der Waals surface area contributed by atoms with Gasteiger partial charge in [0, 0.05) is 24.5 Å². The second-order valence-electron chi connectivity index (χ2n) is 11.3. The fourth-order valence-electron chi connectivity index (χ4n) is 5.21. The van der Waals surface area contributed by atoms with E-state index in [9.17, 15) is 18.0 Å². The Labute approximate surface area is 283 Å². The molecule has 0 fully saturated rings. The molecule has 0 radical (unpaired) electrons. The molecule has 0 spiro atoms. The largest absolute Gasteiger partial charge is 0.494 e. The average Bonchev–Trinajstić information content (AvgIpc) is 3.06. The number of benzene rings is 4. The number of hydrogen-bond acceptors (Lipinski definition) is 5.